The molecule has 3 heterocycles. The summed E-state index contributed by atoms with van der Waals surface area (Å²) in [5.74, 6) is 0.932. The van der Waals surface area contributed by atoms with Crippen LogP contribution in [-0.2, 0) is 50.2 Å². The minimum atomic E-state index is 0.118. The van der Waals surface area contributed by atoms with Crippen LogP contribution in [0.5, 0.6) is 0 Å². The van der Waals surface area contributed by atoms with E-state index in [2.05, 4.69) is 179 Å². The second-order valence-electron chi connectivity index (χ2n) is 23.9. The predicted molar refractivity (Wildman–Crippen MR) is 279 cm³/mol. The van der Waals surface area contributed by atoms with Crippen molar-refractivity contribution in [1.29, 1.82) is 0 Å². The van der Waals surface area contributed by atoms with E-state index in [1.54, 1.807) is 0 Å². The van der Waals surface area contributed by atoms with Gasteiger partial charge < -0.3 is 15.1 Å². The molecule has 3 aliphatic carbocycles. The zero-order valence-corrected chi connectivity index (χ0v) is 45.2. The van der Waals surface area contributed by atoms with E-state index in [1.165, 1.54) is 16.7 Å². The summed E-state index contributed by atoms with van der Waals surface area (Å²) in [4.78, 5) is 79.8. The molecule has 3 amide bonds. The smallest absolute Gasteiger partial charge is 0.356 e. The average molecular weight is 989 g/mol. The highest BCUT2D eigenvalue weighted by Crippen LogP contribution is 2.54. The fourth-order valence-corrected chi connectivity index (χ4v) is 13.4. The minimum Gasteiger partial charge on any atom is -0.356 e. The third-order valence-electron chi connectivity index (χ3n) is 17.7. The number of hydrogen-bond donors (Lipinski definition) is 1. The van der Waals surface area contributed by atoms with Gasteiger partial charge in [0.15, 0.2) is 0 Å². The van der Waals surface area contributed by atoms with Crippen molar-refractivity contribution in [2.24, 2.45) is 21.7 Å². The fraction of sp³-hybridized carbons (Fsp3) is 0.610. The molecular weight excluding hydrogens is 905 g/mol. The second kappa shape index (κ2) is 24.2. The van der Waals surface area contributed by atoms with Gasteiger partial charge in [-0.1, -0.05) is 112 Å². The molecule has 3 aromatic carbocycles. The molecule has 3 spiro atoms. The summed E-state index contributed by atoms with van der Waals surface area (Å²) in [5, 5.41) is 3.02. The van der Waals surface area contributed by atoms with Crippen LogP contribution in [0.4, 0.5) is 0 Å². The Bertz CT molecular complexity index is 2280. The van der Waals surface area contributed by atoms with Gasteiger partial charge in [0.25, 0.3) is 0 Å². The normalized spacial score (nSPS) is 29.8. The van der Waals surface area contributed by atoms with Gasteiger partial charge in [0, 0.05) is 69.1 Å². The molecule has 13 nitrogen and oxygen atoms in total. The largest absolute Gasteiger partial charge is 0.373 e. The van der Waals surface area contributed by atoms with E-state index < -0.39 is 0 Å². The van der Waals surface area contributed by atoms with Crippen LogP contribution in [0.15, 0.2) is 91.0 Å². The Balaban J connectivity index is 0.000000191. The summed E-state index contributed by atoms with van der Waals surface area (Å²) in [7, 11) is 15.1. The van der Waals surface area contributed by atoms with Crippen LogP contribution in [0.1, 0.15) is 134 Å². The van der Waals surface area contributed by atoms with Crippen LogP contribution < -0.4 is 5.32 Å². The molecule has 13 heteroatoms. The molecule has 0 aromatic heterocycles. The summed E-state index contributed by atoms with van der Waals surface area (Å²) in [6.45, 7) is 10.3. The zero-order chi connectivity index (χ0) is 53.0. The van der Waals surface area contributed by atoms with Crippen molar-refractivity contribution in [3.05, 3.63) is 108 Å². The van der Waals surface area contributed by atoms with Gasteiger partial charge >= 0.3 is 12.3 Å². The Morgan fingerprint density at radius 2 is 0.806 bits per heavy atom. The van der Waals surface area contributed by atoms with Crippen molar-refractivity contribution in [3.8, 4) is 0 Å². The van der Waals surface area contributed by atoms with Gasteiger partial charge in [-0.25, -0.2) is 0 Å². The van der Waals surface area contributed by atoms with Gasteiger partial charge in [-0.2, -0.15) is 19.2 Å². The number of rotatable bonds is 7. The van der Waals surface area contributed by atoms with E-state index in [0.29, 0.717) is 11.8 Å². The predicted octanol–water partition coefficient (Wildman–Crippen LogP) is 8.51. The van der Waals surface area contributed by atoms with Gasteiger partial charge in [0.1, 0.15) is 0 Å². The molecule has 3 saturated heterocycles. The molecule has 9 rings (SSSR count). The van der Waals surface area contributed by atoms with Gasteiger partial charge in [0.2, 0.25) is 17.7 Å². The second-order valence-corrected chi connectivity index (χ2v) is 23.9. The van der Waals surface area contributed by atoms with E-state index in [0.717, 1.165) is 122 Å². The van der Waals surface area contributed by atoms with Crippen LogP contribution in [0.3, 0.4) is 0 Å². The third kappa shape index (κ3) is 13.3. The summed E-state index contributed by atoms with van der Waals surface area (Å²) >= 11 is 0. The first-order chi connectivity index (χ1) is 34.0. The monoisotopic (exact) mass is 989 g/mol. The summed E-state index contributed by atoms with van der Waals surface area (Å²) < 4.78 is 0. The summed E-state index contributed by atoms with van der Waals surface area (Å²) in [6.07, 6.45) is 16.4. The number of carbonyl (C=O) groups excluding carboxylic acids is 7. The highest BCUT2D eigenvalue weighted by molar-refractivity contribution is 5.80. The molecule has 0 atom stereocenters. The van der Waals surface area contributed by atoms with Gasteiger partial charge in [-0.3, -0.25) is 29.1 Å². The van der Waals surface area contributed by atoms with Crippen LogP contribution >= 0.6 is 0 Å². The quantitative estimate of drug-likeness (QED) is 0.245. The van der Waals surface area contributed by atoms with Crippen LogP contribution in [0.25, 0.3) is 0 Å². The molecule has 72 heavy (non-hydrogen) atoms. The van der Waals surface area contributed by atoms with Gasteiger partial charge in [0.05, 0.1) is 0 Å². The molecule has 3 aromatic rings. The number of nitrogens with one attached hydrogen (secondary N) is 1. The lowest BCUT2D eigenvalue weighted by Crippen LogP contribution is -2.47. The molecule has 3 aliphatic heterocycles. The number of nitrogens with zero attached hydrogens (tertiary/aromatic N) is 5. The van der Waals surface area contributed by atoms with Crippen LogP contribution in [0.2, 0.25) is 0 Å². The molecule has 1 N–H and O–H groups in total. The molecule has 3 saturated carbocycles. The maximum absolute atomic E-state index is 12.6. The maximum Gasteiger partial charge on any atom is 0.373 e. The Morgan fingerprint density at radius 3 is 1.08 bits per heavy atom. The molecular formula is C59H84N6O7. The standard InChI is InChI=1S/C22H34N2O.C18H26N2O.C17H24N2O.2CO2/c1-20(2,3)16-24-17-21(15-19(24)25)11-13-22(14-12-21,23(4)5)18-9-7-6-8-10-18;1-19(2)18(15-7-5-4-6-8-15)11-9-17(10-12-18)13-16(21)20(3)14-17;1-19(2)17(14-6-4-3-5-7-14)10-8-16(9-11-17)12-15(20)18-13-16;2*2-1-3/h6-10H,11-17H2,1-5H3;4-8H,9-14H2,1-3H3;3-7H,8-13H2,1-2H3,(H,18,20);;. The zero-order valence-electron chi connectivity index (χ0n) is 45.2. The number of amides is 3. The highest BCUT2D eigenvalue weighted by atomic mass is 16.2. The topological polar surface area (TPSA) is 148 Å². The first-order valence-corrected chi connectivity index (χ1v) is 26.0. The van der Waals surface area contributed by atoms with E-state index in [1.807, 2.05) is 11.9 Å². The van der Waals surface area contributed by atoms with Gasteiger partial charge in [-0.05, 0) is 158 Å². The molecule has 0 bridgehead atoms. The molecule has 0 unspecified atom stereocenters. The Kier molecular flexibility index (Phi) is 19.3. The van der Waals surface area contributed by atoms with Crippen molar-refractivity contribution in [1.82, 2.24) is 29.8 Å². The third-order valence-corrected chi connectivity index (χ3v) is 17.7. The number of likely N-dealkylation sites (tertiary alicyclic amines) is 2. The SMILES string of the molecule is CN(C)C1(c2ccccc2)CCC2(CC1)CC(=O)N(CC(C)(C)C)C2.CN(C)C1(c2ccccc2)CCC2(CC1)CNC(=O)C2.CN1CC2(CCC(c3ccccc3)(N(C)C)CC2)CC1=O.O=C=O.O=C=O. The van der Waals surface area contributed by atoms with E-state index in [-0.39, 0.29) is 56.5 Å². The molecule has 0 radical (unpaired) electrons. The maximum atomic E-state index is 12.6. The first-order valence-electron chi connectivity index (χ1n) is 26.0. The molecule has 392 valence electrons. The number of benzene rings is 3. The van der Waals surface area contributed by atoms with Crippen LogP contribution in [-0.4, -0.2) is 130 Å². The molecule has 6 aliphatic rings. The van der Waals surface area contributed by atoms with Crippen LogP contribution in [0, 0.1) is 21.7 Å². The van der Waals surface area contributed by atoms with Crippen molar-refractivity contribution in [2.75, 3.05) is 75.5 Å². The van der Waals surface area contributed by atoms with Crippen molar-refractivity contribution < 1.29 is 33.6 Å². The van der Waals surface area contributed by atoms with E-state index in [9.17, 15) is 14.4 Å². The minimum absolute atomic E-state index is 0.118. The Labute approximate surface area is 430 Å². The fourth-order valence-electron chi connectivity index (χ4n) is 13.4. The number of hydrogen-bond acceptors (Lipinski definition) is 10. The van der Waals surface area contributed by atoms with Crippen molar-refractivity contribution in [2.45, 2.75) is 134 Å². The van der Waals surface area contributed by atoms with E-state index in [4.69, 9.17) is 19.2 Å². The summed E-state index contributed by atoms with van der Waals surface area (Å²) in [5.41, 5.74) is 5.49. The number of carbonyl (C=O) groups is 3. The van der Waals surface area contributed by atoms with E-state index >= 15 is 0 Å². The molecule has 6 fully saturated rings. The van der Waals surface area contributed by atoms with Gasteiger partial charge in [-0.15, -0.1) is 0 Å². The lowest BCUT2D eigenvalue weighted by atomic mass is 9.64. The highest BCUT2D eigenvalue weighted by Gasteiger charge is 2.52. The Hall–Kier alpha value is -5.29. The first kappa shape index (κ1) is 57.6. The Morgan fingerprint density at radius 1 is 0.486 bits per heavy atom. The van der Waals surface area contributed by atoms with Crippen molar-refractivity contribution >= 4 is 30.0 Å². The lowest BCUT2D eigenvalue weighted by molar-refractivity contribution is -0.193. The average Bonchev–Trinajstić information content (AvgIpc) is 3.96. The summed E-state index contributed by atoms with van der Waals surface area (Å²) in [6, 6.07) is 32.6. The lowest BCUT2D eigenvalue weighted by Gasteiger charge is -2.49. The van der Waals surface area contributed by atoms with Crippen molar-refractivity contribution in [3.63, 3.8) is 0 Å².